The van der Waals surface area contributed by atoms with Gasteiger partial charge in [-0.15, -0.1) is 0 Å². The van der Waals surface area contributed by atoms with E-state index in [9.17, 15) is 4.79 Å². The molecule has 1 atom stereocenters. The molecular formula is C17H22N6O2. The van der Waals surface area contributed by atoms with E-state index in [1.54, 1.807) is 31.9 Å². The van der Waals surface area contributed by atoms with E-state index in [4.69, 9.17) is 4.74 Å². The topological polar surface area (TPSA) is 92.3 Å². The van der Waals surface area contributed by atoms with Gasteiger partial charge < -0.3 is 15.4 Å². The number of methoxy groups -OCH3 is 1. The van der Waals surface area contributed by atoms with Crippen molar-refractivity contribution in [2.75, 3.05) is 26.7 Å². The van der Waals surface area contributed by atoms with Crippen LogP contribution in [0.15, 0.2) is 36.9 Å². The summed E-state index contributed by atoms with van der Waals surface area (Å²) < 4.78 is 4.97. The highest BCUT2D eigenvalue weighted by atomic mass is 16.5. The number of rotatable bonds is 6. The maximum atomic E-state index is 12.4. The van der Waals surface area contributed by atoms with Gasteiger partial charge in [0.05, 0.1) is 13.2 Å². The number of piperazine rings is 1. The summed E-state index contributed by atoms with van der Waals surface area (Å²) in [7, 11) is 1.54. The molecule has 0 aliphatic carbocycles. The van der Waals surface area contributed by atoms with E-state index in [1.165, 1.54) is 0 Å². The van der Waals surface area contributed by atoms with Crippen molar-refractivity contribution >= 4 is 5.91 Å². The molecule has 0 radical (unpaired) electrons. The lowest BCUT2D eigenvalue weighted by molar-refractivity contribution is -0.124. The van der Waals surface area contributed by atoms with Crippen LogP contribution in [0.4, 0.5) is 0 Å². The van der Waals surface area contributed by atoms with E-state index in [2.05, 4.69) is 30.5 Å². The van der Waals surface area contributed by atoms with E-state index in [0.717, 1.165) is 24.2 Å². The second kappa shape index (κ2) is 8.50. The minimum atomic E-state index is -0.227. The van der Waals surface area contributed by atoms with Gasteiger partial charge in [-0.1, -0.05) is 0 Å². The van der Waals surface area contributed by atoms with E-state index >= 15 is 0 Å². The van der Waals surface area contributed by atoms with Gasteiger partial charge in [0.15, 0.2) is 0 Å². The summed E-state index contributed by atoms with van der Waals surface area (Å²) in [5.74, 6) is 0.00694. The molecule has 0 bridgehead atoms. The average molecular weight is 342 g/mol. The van der Waals surface area contributed by atoms with Crippen molar-refractivity contribution in [2.45, 2.75) is 19.1 Å². The van der Waals surface area contributed by atoms with Crippen LogP contribution in [0, 0.1) is 0 Å². The van der Waals surface area contributed by atoms with Crippen LogP contribution in [0.2, 0.25) is 0 Å². The van der Waals surface area contributed by atoms with Crippen LogP contribution in [-0.4, -0.2) is 58.5 Å². The Hall–Kier alpha value is -2.58. The predicted octanol–water partition coefficient (Wildman–Crippen LogP) is -0.0296. The zero-order valence-corrected chi connectivity index (χ0v) is 14.2. The minimum Gasteiger partial charge on any atom is -0.467 e. The summed E-state index contributed by atoms with van der Waals surface area (Å²) in [6.07, 6.45) is 6.96. The second-order valence-electron chi connectivity index (χ2n) is 5.89. The Balaban J connectivity index is 1.50. The largest absolute Gasteiger partial charge is 0.467 e. The number of nitrogens with one attached hydrogen (secondary N) is 2. The standard InChI is InChI=1S/C17H22N6O2/c1-25-17-21-9-14(10-22-17)11-23-7-6-19-15(12-23)16(24)20-8-13-2-4-18-5-3-13/h2-5,9-10,15,19H,6-8,11-12H2,1H3,(H,20,24)/t15-/m1/s1. The van der Waals surface area contributed by atoms with Gasteiger partial charge in [0.1, 0.15) is 0 Å². The monoisotopic (exact) mass is 342 g/mol. The van der Waals surface area contributed by atoms with Crippen molar-refractivity contribution in [3.63, 3.8) is 0 Å². The zero-order chi connectivity index (χ0) is 17.5. The van der Waals surface area contributed by atoms with Gasteiger partial charge in [0.25, 0.3) is 0 Å². The highest BCUT2D eigenvalue weighted by molar-refractivity contribution is 5.82. The maximum absolute atomic E-state index is 12.4. The predicted molar refractivity (Wildman–Crippen MR) is 91.7 cm³/mol. The van der Waals surface area contributed by atoms with E-state index < -0.39 is 0 Å². The van der Waals surface area contributed by atoms with Gasteiger partial charge in [-0.05, 0) is 17.7 Å². The molecule has 8 nitrogen and oxygen atoms in total. The molecule has 2 aromatic rings. The summed E-state index contributed by atoms with van der Waals surface area (Å²) in [4.78, 5) is 26.8. The Labute approximate surface area is 146 Å². The van der Waals surface area contributed by atoms with Gasteiger partial charge in [-0.2, -0.15) is 0 Å². The first kappa shape index (κ1) is 17.2. The van der Waals surface area contributed by atoms with Crippen molar-refractivity contribution in [1.82, 2.24) is 30.5 Å². The molecule has 1 aliphatic heterocycles. The number of nitrogens with zero attached hydrogens (tertiary/aromatic N) is 4. The van der Waals surface area contributed by atoms with Crippen molar-refractivity contribution < 1.29 is 9.53 Å². The summed E-state index contributed by atoms with van der Waals surface area (Å²) in [5.41, 5.74) is 2.03. The molecule has 1 amide bonds. The minimum absolute atomic E-state index is 0.00694. The lowest BCUT2D eigenvalue weighted by Crippen LogP contribution is -2.56. The molecule has 132 valence electrons. The summed E-state index contributed by atoms with van der Waals surface area (Å²) in [6, 6.07) is 3.92. The summed E-state index contributed by atoms with van der Waals surface area (Å²) in [6.45, 7) is 3.50. The van der Waals surface area contributed by atoms with Gasteiger partial charge in [0, 0.05) is 63.1 Å². The van der Waals surface area contributed by atoms with Crippen LogP contribution >= 0.6 is 0 Å². The number of ether oxygens (including phenoxy) is 1. The smallest absolute Gasteiger partial charge is 0.316 e. The van der Waals surface area contributed by atoms with Crippen LogP contribution in [0.1, 0.15) is 11.1 Å². The van der Waals surface area contributed by atoms with Gasteiger partial charge in [-0.25, -0.2) is 9.97 Å². The molecule has 2 aromatic heterocycles. The Morgan fingerprint density at radius 2 is 2.08 bits per heavy atom. The molecule has 8 heteroatoms. The van der Waals surface area contributed by atoms with E-state index in [0.29, 0.717) is 25.6 Å². The average Bonchev–Trinajstić information content (AvgIpc) is 2.68. The van der Waals surface area contributed by atoms with Crippen molar-refractivity contribution in [1.29, 1.82) is 0 Å². The first-order valence-corrected chi connectivity index (χ1v) is 8.22. The summed E-state index contributed by atoms with van der Waals surface area (Å²) >= 11 is 0. The molecule has 1 aliphatic rings. The van der Waals surface area contributed by atoms with Crippen LogP contribution < -0.4 is 15.4 Å². The number of carbonyl (C=O) groups excluding carboxylic acids is 1. The van der Waals surface area contributed by atoms with Gasteiger partial charge in [-0.3, -0.25) is 14.7 Å². The molecule has 3 rings (SSSR count). The third kappa shape index (κ3) is 4.94. The van der Waals surface area contributed by atoms with Gasteiger partial charge in [0.2, 0.25) is 5.91 Å². The Kier molecular flexibility index (Phi) is 5.86. The molecule has 25 heavy (non-hydrogen) atoms. The maximum Gasteiger partial charge on any atom is 0.316 e. The fraction of sp³-hybridized carbons (Fsp3) is 0.412. The van der Waals surface area contributed by atoms with E-state index in [1.807, 2.05) is 12.1 Å². The fourth-order valence-electron chi connectivity index (χ4n) is 2.73. The van der Waals surface area contributed by atoms with Crippen LogP contribution in [0.3, 0.4) is 0 Å². The van der Waals surface area contributed by atoms with E-state index in [-0.39, 0.29) is 11.9 Å². The number of carbonyl (C=O) groups is 1. The number of amides is 1. The number of hydrogen-bond acceptors (Lipinski definition) is 7. The number of aromatic nitrogens is 3. The normalized spacial score (nSPS) is 17.9. The molecule has 1 saturated heterocycles. The molecule has 3 heterocycles. The molecule has 2 N–H and O–H groups in total. The van der Waals surface area contributed by atoms with Crippen LogP contribution in [-0.2, 0) is 17.9 Å². The molecule has 0 saturated carbocycles. The first-order valence-electron chi connectivity index (χ1n) is 8.22. The fourth-order valence-corrected chi connectivity index (χ4v) is 2.73. The van der Waals surface area contributed by atoms with Crippen LogP contribution in [0.25, 0.3) is 0 Å². The summed E-state index contributed by atoms with van der Waals surface area (Å²) in [5, 5.41) is 6.24. The Bertz CT molecular complexity index is 679. The molecule has 0 unspecified atom stereocenters. The highest BCUT2D eigenvalue weighted by Gasteiger charge is 2.25. The third-order valence-corrected chi connectivity index (χ3v) is 4.06. The quantitative estimate of drug-likeness (QED) is 0.761. The van der Waals surface area contributed by atoms with Gasteiger partial charge >= 0.3 is 6.01 Å². The van der Waals surface area contributed by atoms with Crippen molar-refractivity contribution in [2.24, 2.45) is 0 Å². The Morgan fingerprint density at radius 1 is 1.32 bits per heavy atom. The SMILES string of the molecule is COc1ncc(CN2CCN[C@@H](C(=O)NCc3ccncc3)C2)cn1. The van der Waals surface area contributed by atoms with Crippen molar-refractivity contribution in [3.05, 3.63) is 48.0 Å². The number of hydrogen-bond donors (Lipinski definition) is 2. The van der Waals surface area contributed by atoms with Crippen LogP contribution in [0.5, 0.6) is 6.01 Å². The highest BCUT2D eigenvalue weighted by Crippen LogP contribution is 2.08. The molecule has 0 spiro atoms. The third-order valence-electron chi connectivity index (χ3n) is 4.06. The lowest BCUT2D eigenvalue weighted by atomic mass is 10.1. The molecular weight excluding hydrogens is 320 g/mol. The lowest BCUT2D eigenvalue weighted by Gasteiger charge is -2.32. The van der Waals surface area contributed by atoms with Crippen molar-refractivity contribution in [3.8, 4) is 6.01 Å². The molecule has 1 fully saturated rings. The first-order chi connectivity index (χ1) is 12.2. The zero-order valence-electron chi connectivity index (χ0n) is 14.2. The molecule has 0 aromatic carbocycles. The Morgan fingerprint density at radius 3 is 2.80 bits per heavy atom. The second-order valence-corrected chi connectivity index (χ2v) is 5.89. The number of pyridine rings is 1.